The van der Waals surface area contributed by atoms with Crippen LogP contribution in [0.2, 0.25) is 0 Å². The molecule has 1 N–H and O–H groups in total. The smallest absolute Gasteiger partial charge is 0.748 e. The Labute approximate surface area is 224 Å². The van der Waals surface area contributed by atoms with Gasteiger partial charge in [-0.2, -0.15) is 0 Å². The Kier molecular flexibility index (Phi) is 25.6. The van der Waals surface area contributed by atoms with E-state index in [2.05, 4.69) is 13.8 Å². The maximum atomic E-state index is 11.5. The SMILES string of the molecule is CCCCCCCCCCCCCCCC(C(O)CCCCCC)S(=O)(=O)[O-].[K+]. The Morgan fingerprint density at radius 2 is 0.931 bits per heavy atom. The number of unbranched alkanes of at least 4 members (excludes halogenated alkanes) is 15. The Bertz CT molecular complexity index is 429. The molecule has 0 radical (unpaired) electrons. The molecular formula is C23H47KO4S. The molecule has 170 valence electrons. The van der Waals surface area contributed by atoms with E-state index in [4.69, 9.17) is 0 Å². The van der Waals surface area contributed by atoms with Crippen LogP contribution in [0.25, 0.3) is 0 Å². The van der Waals surface area contributed by atoms with Gasteiger partial charge in [0, 0.05) is 0 Å². The number of aliphatic hydroxyl groups is 1. The van der Waals surface area contributed by atoms with Crippen molar-refractivity contribution < 1.29 is 69.5 Å². The fourth-order valence-corrected chi connectivity index (χ4v) is 4.83. The summed E-state index contributed by atoms with van der Waals surface area (Å²) in [5.74, 6) is 0. The zero-order chi connectivity index (χ0) is 21.1. The average Bonchev–Trinajstić information content (AvgIpc) is 2.64. The van der Waals surface area contributed by atoms with Gasteiger partial charge in [-0.3, -0.25) is 0 Å². The minimum absolute atomic E-state index is 0. The fraction of sp³-hybridized carbons (Fsp3) is 1.00. The van der Waals surface area contributed by atoms with Gasteiger partial charge in [-0.1, -0.05) is 123 Å². The van der Waals surface area contributed by atoms with Crippen LogP contribution in [-0.4, -0.2) is 29.4 Å². The van der Waals surface area contributed by atoms with E-state index in [0.29, 0.717) is 12.8 Å². The molecule has 2 atom stereocenters. The molecule has 0 aliphatic carbocycles. The Morgan fingerprint density at radius 1 is 0.621 bits per heavy atom. The molecule has 0 saturated heterocycles. The van der Waals surface area contributed by atoms with Crippen LogP contribution in [0, 0.1) is 0 Å². The zero-order valence-electron chi connectivity index (χ0n) is 19.7. The predicted octanol–water partition coefficient (Wildman–Crippen LogP) is 3.72. The van der Waals surface area contributed by atoms with Crippen molar-refractivity contribution in [2.75, 3.05) is 0 Å². The van der Waals surface area contributed by atoms with Crippen molar-refractivity contribution in [2.24, 2.45) is 0 Å². The van der Waals surface area contributed by atoms with Crippen LogP contribution < -0.4 is 51.4 Å². The maximum absolute atomic E-state index is 11.5. The Morgan fingerprint density at radius 3 is 1.31 bits per heavy atom. The van der Waals surface area contributed by atoms with Crippen molar-refractivity contribution in [3.8, 4) is 0 Å². The summed E-state index contributed by atoms with van der Waals surface area (Å²) in [5.41, 5.74) is 0. The van der Waals surface area contributed by atoms with E-state index in [9.17, 15) is 18.1 Å². The molecule has 0 bridgehead atoms. The molecule has 0 fully saturated rings. The summed E-state index contributed by atoms with van der Waals surface area (Å²) in [6.07, 6.45) is 19.6. The molecule has 0 aromatic carbocycles. The minimum Gasteiger partial charge on any atom is -0.748 e. The molecule has 2 unspecified atom stereocenters. The molecule has 0 aliphatic heterocycles. The summed E-state index contributed by atoms with van der Waals surface area (Å²) >= 11 is 0. The van der Waals surface area contributed by atoms with Crippen LogP contribution in [0.5, 0.6) is 0 Å². The first-order valence-electron chi connectivity index (χ1n) is 12.1. The number of rotatable bonds is 21. The summed E-state index contributed by atoms with van der Waals surface area (Å²) in [5, 5.41) is 9.03. The maximum Gasteiger partial charge on any atom is 1.00 e. The van der Waals surface area contributed by atoms with Crippen molar-refractivity contribution in [2.45, 2.75) is 147 Å². The summed E-state index contributed by atoms with van der Waals surface area (Å²) in [6, 6.07) is 0. The third kappa shape index (κ3) is 21.1. The van der Waals surface area contributed by atoms with Crippen molar-refractivity contribution in [1.29, 1.82) is 0 Å². The molecule has 0 aromatic heterocycles. The molecule has 0 heterocycles. The van der Waals surface area contributed by atoms with E-state index in [1.54, 1.807) is 0 Å². The Balaban J connectivity index is 0. The number of hydrogen-bond donors (Lipinski definition) is 1. The first kappa shape index (κ1) is 32.7. The summed E-state index contributed by atoms with van der Waals surface area (Å²) in [4.78, 5) is 0. The van der Waals surface area contributed by atoms with Gasteiger partial charge in [-0.25, -0.2) is 8.42 Å². The van der Waals surface area contributed by atoms with Gasteiger partial charge in [-0.05, 0) is 12.8 Å². The second-order valence-corrected chi connectivity index (χ2v) is 10.1. The first-order chi connectivity index (χ1) is 13.4. The van der Waals surface area contributed by atoms with Crippen LogP contribution in [0.4, 0.5) is 0 Å². The third-order valence-corrected chi connectivity index (χ3v) is 7.04. The molecule has 0 rings (SSSR count). The molecule has 0 aromatic rings. The second kappa shape index (κ2) is 22.7. The standard InChI is InChI=1S/C23H48O4S.K/c1-3-5-7-9-10-11-12-13-14-15-16-17-19-21-23(28(25,26)27)22(24)20-18-8-6-4-2;/h22-24H,3-21H2,1-2H3,(H,25,26,27);/q;+1/p-1. The van der Waals surface area contributed by atoms with Crippen LogP contribution in [0.1, 0.15) is 136 Å². The number of hydrogen-bond acceptors (Lipinski definition) is 4. The van der Waals surface area contributed by atoms with E-state index in [-0.39, 0.29) is 51.4 Å². The minimum atomic E-state index is -4.42. The van der Waals surface area contributed by atoms with Gasteiger partial charge in [0.1, 0.15) is 10.1 Å². The largest absolute Gasteiger partial charge is 1.00 e. The fourth-order valence-electron chi connectivity index (χ4n) is 3.86. The molecule has 4 nitrogen and oxygen atoms in total. The van der Waals surface area contributed by atoms with Gasteiger partial charge < -0.3 is 9.66 Å². The molecule has 0 spiro atoms. The van der Waals surface area contributed by atoms with Gasteiger partial charge in [0.15, 0.2) is 0 Å². The van der Waals surface area contributed by atoms with E-state index in [1.807, 2.05) is 0 Å². The predicted molar refractivity (Wildman–Crippen MR) is 119 cm³/mol. The van der Waals surface area contributed by atoms with Gasteiger partial charge in [0.2, 0.25) is 0 Å². The quantitative estimate of drug-likeness (QED) is 0.162. The van der Waals surface area contributed by atoms with E-state index >= 15 is 0 Å². The van der Waals surface area contributed by atoms with Gasteiger partial charge in [-0.15, -0.1) is 0 Å². The number of aliphatic hydroxyl groups excluding tert-OH is 1. The third-order valence-electron chi connectivity index (χ3n) is 5.75. The first-order valence-corrected chi connectivity index (χ1v) is 13.5. The van der Waals surface area contributed by atoms with E-state index < -0.39 is 21.5 Å². The van der Waals surface area contributed by atoms with Gasteiger partial charge in [0.25, 0.3) is 0 Å². The van der Waals surface area contributed by atoms with Crippen molar-refractivity contribution in [3.05, 3.63) is 0 Å². The molecular weight excluding hydrogens is 411 g/mol. The van der Waals surface area contributed by atoms with E-state index in [1.165, 1.54) is 64.2 Å². The topological polar surface area (TPSA) is 77.4 Å². The van der Waals surface area contributed by atoms with Crippen molar-refractivity contribution in [3.63, 3.8) is 0 Å². The molecule has 29 heavy (non-hydrogen) atoms. The molecule has 0 saturated carbocycles. The summed E-state index contributed by atoms with van der Waals surface area (Å²) < 4.78 is 34.5. The van der Waals surface area contributed by atoms with E-state index in [0.717, 1.165) is 44.9 Å². The van der Waals surface area contributed by atoms with Crippen LogP contribution in [-0.2, 0) is 10.1 Å². The monoisotopic (exact) mass is 458 g/mol. The van der Waals surface area contributed by atoms with Crippen LogP contribution in [0.15, 0.2) is 0 Å². The molecule has 0 amide bonds. The van der Waals surface area contributed by atoms with Gasteiger partial charge in [0.05, 0.1) is 11.4 Å². The van der Waals surface area contributed by atoms with Gasteiger partial charge >= 0.3 is 51.4 Å². The summed E-state index contributed by atoms with van der Waals surface area (Å²) in [6.45, 7) is 4.35. The second-order valence-electron chi connectivity index (χ2n) is 8.48. The van der Waals surface area contributed by atoms with Crippen molar-refractivity contribution in [1.82, 2.24) is 0 Å². The Hall–Kier alpha value is 1.51. The van der Waals surface area contributed by atoms with Crippen LogP contribution in [0.3, 0.4) is 0 Å². The molecule has 6 heteroatoms. The summed E-state index contributed by atoms with van der Waals surface area (Å²) in [7, 11) is -4.42. The van der Waals surface area contributed by atoms with Crippen LogP contribution >= 0.6 is 0 Å². The zero-order valence-corrected chi connectivity index (χ0v) is 23.6. The normalized spacial score (nSPS) is 13.8. The average molecular weight is 459 g/mol. The molecule has 0 aliphatic rings. The van der Waals surface area contributed by atoms with Crippen molar-refractivity contribution >= 4 is 10.1 Å².